The van der Waals surface area contributed by atoms with E-state index in [1.54, 1.807) is 24.0 Å². The highest BCUT2D eigenvalue weighted by Gasteiger charge is 2.26. The summed E-state index contributed by atoms with van der Waals surface area (Å²) in [7, 11) is -2.25. The van der Waals surface area contributed by atoms with E-state index < -0.39 is 10.0 Å². The standard InChI is InChI=1S/C21H24N4O5S2/c1-14-18(32(27,28)22-13-15-8-4-5-9-16(15)29-2)12-17(31-14)19-23-24-20(30-19)21(26)25-10-6-3-7-11-25/h4-5,8-9,12,22H,3,6-7,10-11,13H2,1-2H3. The van der Waals surface area contributed by atoms with Gasteiger partial charge in [-0.2, -0.15) is 0 Å². The fourth-order valence-electron chi connectivity index (χ4n) is 3.58. The van der Waals surface area contributed by atoms with Gasteiger partial charge < -0.3 is 14.1 Å². The number of hydrogen-bond acceptors (Lipinski definition) is 8. The third kappa shape index (κ3) is 4.69. The van der Waals surface area contributed by atoms with Gasteiger partial charge in [0.15, 0.2) is 0 Å². The third-order valence-corrected chi connectivity index (χ3v) is 7.96. The summed E-state index contributed by atoms with van der Waals surface area (Å²) in [6.45, 7) is 3.15. The van der Waals surface area contributed by atoms with Gasteiger partial charge in [0, 0.05) is 30.1 Å². The largest absolute Gasteiger partial charge is 0.496 e. The number of methoxy groups -OCH3 is 1. The SMILES string of the molecule is COc1ccccc1CNS(=O)(=O)c1cc(-c2nnc(C(=O)N3CCCCC3)o2)sc1C. The molecule has 0 unspecified atom stereocenters. The van der Waals surface area contributed by atoms with Crippen LogP contribution in [0.25, 0.3) is 10.8 Å². The molecule has 3 heterocycles. The van der Waals surface area contributed by atoms with Gasteiger partial charge in [0.05, 0.1) is 16.9 Å². The molecule has 170 valence electrons. The molecule has 0 saturated carbocycles. The average Bonchev–Trinajstić information content (AvgIpc) is 3.45. The molecule has 32 heavy (non-hydrogen) atoms. The first-order valence-corrected chi connectivity index (χ1v) is 12.5. The summed E-state index contributed by atoms with van der Waals surface area (Å²) in [5.41, 5.74) is 0.726. The van der Waals surface area contributed by atoms with Crippen molar-refractivity contribution in [1.82, 2.24) is 19.8 Å². The van der Waals surface area contributed by atoms with Gasteiger partial charge in [-0.3, -0.25) is 4.79 Å². The summed E-state index contributed by atoms with van der Waals surface area (Å²) in [5, 5.41) is 7.85. The summed E-state index contributed by atoms with van der Waals surface area (Å²) >= 11 is 1.22. The molecule has 4 rings (SSSR count). The number of likely N-dealkylation sites (tertiary alicyclic amines) is 1. The zero-order valence-corrected chi connectivity index (χ0v) is 19.5. The van der Waals surface area contributed by atoms with Crippen LogP contribution in [0.2, 0.25) is 0 Å². The molecular weight excluding hydrogens is 452 g/mol. The van der Waals surface area contributed by atoms with Crippen molar-refractivity contribution >= 4 is 27.3 Å². The monoisotopic (exact) mass is 476 g/mol. The van der Waals surface area contributed by atoms with Gasteiger partial charge in [-0.05, 0) is 38.3 Å². The van der Waals surface area contributed by atoms with Crippen molar-refractivity contribution in [2.45, 2.75) is 37.6 Å². The molecule has 11 heteroatoms. The van der Waals surface area contributed by atoms with E-state index in [1.165, 1.54) is 24.5 Å². The Balaban J connectivity index is 1.51. The predicted octanol–water partition coefficient (Wildman–Crippen LogP) is 3.22. The number of aromatic nitrogens is 2. The van der Waals surface area contributed by atoms with Gasteiger partial charge >= 0.3 is 11.8 Å². The lowest BCUT2D eigenvalue weighted by atomic mass is 10.1. The van der Waals surface area contributed by atoms with Crippen LogP contribution in [0.3, 0.4) is 0 Å². The molecule has 1 fully saturated rings. The molecule has 0 bridgehead atoms. The minimum absolute atomic E-state index is 0.0772. The molecule has 0 aliphatic carbocycles. The third-order valence-electron chi connectivity index (χ3n) is 5.27. The number of carbonyl (C=O) groups excluding carboxylic acids is 1. The van der Waals surface area contributed by atoms with Crippen molar-refractivity contribution < 1.29 is 22.4 Å². The van der Waals surface area contributed by atoms with E-state index in [0.717, 1.165) is 24.8 Å². The average molecular weight is 477 g/mol. The van der Waals surface area contributed by atoms with Crippen LogP contribution in [0, 0.1) is 6.92 Å². The number of thiophene rings is 1. The molecular formula is C21H24N4O5S2. The lowest BCUT2D eigenvalue weighted by molar-refractivity contribution is 0.0684. The Kier molecular flexibility index (Phi) is 6.58. The second kappa shape index (κ2) is 9.39. The van der Waals surface area contributed by atoms with E-state index in [9.17, 15) is 13.2 Å². The Morgan fingerprint density at radius 2 is 1.97 bits per heavy atom. The van der Waals surface area contributed by atoms with Gasteiger partial charge in [-0.25, -0.2) is 13.1 Å². The number of aryl methyl sites for hydroxylation is 1. The summed E-state index contributed by atoms with van der Waals surface area (Å²) in [6, 6.07) is 8.70. The predicted molar refractivity (Wildman–Crippen MR) is 119 cm³/mol. The Bertz CT molecular complexity index is 1210. The van der Waals surface area contributed by atoms with Crippen LogP contribution in [0.5, 0.6) is 5.75 Å². The number of sulfonamides is 1. The van der Waals surface area contributed by atoms with Gasteiger partial charge in [0.25, 0.3) is 5.89 Å². The van der Waals surface area contributed by atoms with Crippen LogP contribution in [0.4, 0.5) is 0 Å². The number of para-hydroxylation sites is 1. The second-order valence-corrected chi connectivity index (χ2v) is 10.4. The van der Waals surface area contributed by atoms with Crippen molar-refractivity contribution in [3.05, 3.63) is 46.7 Å². The summed E-state index contributed by atoms with van der Waals surface area (Å²) in [6.07, 6.45) is 3.02. The molecule has 1 aliphatic rings. The Hall–Kier alpha value is -2.76. The molecule has 1 saturated heterocycles. The highest BCUT2D eigenvalue weighted by atomic mass is 32.2. The summed E-state index contributed by atoms with van der Waals surface area (Å²) in [4.78, 5) is 15.5. The molecule has 1 aromatic carbocycles. The molecule has 9 nitrogen and oxygen atoms in total. The fourth-order valence-corrected chi connectivity index (χ4v) is 6.10. The minimum Gasteiger partial charge on any atom is -0.496 e. The minimum atomic E-state index is -3.79. The van der Waals surface area contributed by atoms with Crippen LogP contribution in [-0.4, -0.2) is 49.6 Å². The van der Waals surface area contributed by atoms with Crippen LogP contribution in [-0.2, 0) is 16.6 Å². The fraction of sp³-hybridized carbons (Fsp3) is 0.381. The smallest absolute Gasteiger partial charge is 0.311 e. The Morgan fingerprint density at radius 3 is 2.72 bits per heavy atom. The van der Waals surface area contributed by atoms with Gasteiger partial charge in [-0.1, -0.05) is 18.2 Å². The normalized spacial score (nSPS) is 14.5. The van der Waals surface area contributed by atoms with Crippen molar-refractivity contribution in [3.63, 3.8) is 0 Å². The molecule has 1 N–H and O–H groups in total. The number of hydrogen-bond donors (Lipinski definition) is 1. The molecule has 0 atom stereocenters. The number of amides is 1. The first-order chi connectivity index (χ1) is 15.4. The number of benzene rings is 1. The van der Waals surface area contributed by atoms with E-state index in [1.807, 2.05) is 12.1 Å². The Morgan fingerprint density at radius 1 is 1.22 bits per heavy atom. The molecule has 0 radical (unpaired) electrons. The number of ether oxygens (including phenoxy) is 1. The van der Waals surface area contributed by atoms with Crippen LogP contribution in [0.15, 0.2) is 39.6 Å². The van der Waals surface area contributed by atoms with Gasteiger partial charge in [0.2, 0.25) is 10.0 Å². The van der Waals surface area contributed by atoms with Crippen molar-refractivity contribution in [3.8, 4) is 16.5 Å². The maximum Gasteiger partial charge on any atom is 0.311 e. The molecule has 3 aromatic rings. The molecule has 1 aliphatic heterocycles. The van der Waals surface area contributed by atoms with E-state index in [0.29, 0.717) is 28.6 Å². The molecule has 0 spiro atoms. The van der Waals surface area contributed by atoms with Crippen LogP contribution >= 0.6 is 11.3 Å². The zero-order valence-electron chi connectivity index (χ0n) is 17.8. The second-order valence-electron chi connectivity index (χ2n) is 7.43. The number of carbonyl (C=O) groups is 1. The number of piperidine rings is 1. The lowest BCUT2D eigenvalue weighted by Gasteiger charge is -2.24. The quantitative estimate of drug-likeness (QED) is 0.557. The lowest BCUT2D eigenvalue weighted by Crippen LogP contribution is -2.35. The summed E-state index contributed by atoms with van der Waals surface area (Å²) in [5.74, 6) is 0.369. The maximum absolute atomic E-state index is 12.9. The highest BCUT2D eigenvalue weighted by Crippen LogP contribution is 2.33. The maximum atomic E-state index is 12.9. The number of nitrogens with one attached hydrogen (secondary N) is 1. The zero-order chi connectivity index (χ0) is 22.7. The van der Waals surface area contributed by atoms with Crippen LogP contribution in [0.1, 0.15) is 40.4 Å². The van der Waals surface area contributed by atoms with Crippen LogP contribution < -0.4 is 9.46 Å². The first kappa shape index (κ1) is 22.4. The van der Waals surface area contributed by atoms with E-state index in [4.69, 9.17) is 9.15 Å². The van der Waals surface area contributed by atoms with Gasteiger partial charge in [-0.15, -0.1) is 21.5 Å². The van der Waals surface area contributed by atoms with Crippen molar-refractivity contribution in [2.75, 3.05) is 20.2 Å². The molecule has 1 amide bonds. The van der Waals surface area contributed by atoms with E-state index in [2.05, 4.69) is 14.9 Å². The van der Waals surface area contributed by atoms with E-state index in [-0.39, 0.29) is 29.1 Å². The highest BCUT2D eigenvalue weighted by molar-refractivity contribution is 7.89. The Labute approximate surface area is 190 Å². The van der Waals surface area contributed by atoms with Gasteiger partial charge in [0.1, 0.15) is 5.75 Å². The topological polar surface area (TPSA) is 115 Å². The first-order valence-electron chi connectivity index (χ1n) is 10.2. The number of nitrogens with zero attached hydrogens (tertiary/aromatic N) is 3. The van der Waals surface area contributed by atoms with Crippen molar-refractivity contribution in [2.24, 2.45) is 0 Å². The van der Waals surface area contributed by atoms with E-state index >= 15 is 0 Å². The molecule has 2 aromatic heterocycles. The number of rotatable bonds is 7. The van der Waals surface area contributed by atoms with Crippen molar-refractivity contribution in [1.29, 1.82) is 0 Å². The summed E-state index contributed by atoms with van der Waals surface area (Å²) < 4.78 is 39.3.